The molecule has 1 aromatic carbocycles. The fourth-order valence-electron chi connectivity index (χ4n) is 3.63. The predicted molar refractivity (Wildman–Crippen MR) is 97.1 cm³/mol. The zero-order valence-corrected chi connectivity index (χ0v) is 15.8. The lowest BCUT2D eigenvalue weighted by molar-refractivity contribution is -0.138. The summed E-state index contributed by atoms with van der Waals surface area (Å²) in [7, 11) is 1.69. The number of carboxylic acids is 1. The number of rotatable bonds is 7. The van der Waals surface area contributed by atoms with Gasteiger partial charge in [0, 0.05) is 37.7 Å². The Morgan fingerprint density at radius 1 is 1.39 bits per heavy atom. The Morgan fingerprint density at radius 3 is 2.79 bits per heavy atom. The number of hydrogen-bond acceptors (Lipinski definition) is 4. The highest BCUT2D eigenvalue weighted by Crippen LogP contribution is 2.48. The highest BCUT2D eigenvalue weighted by Gasteiger charge is 2.46. The molecule has 1 saturated heterocycles. The van der Waals surface area contributed by atoms with Gasteiger partial charge in [0.05, 0.1) is 19.3 Å². The van der Waals surface area contributed by atoms with Crippen LogP contribution < -0.4 is 5.32 Å². The van der Waals surface area contributed by atoms with Crippen LogP contribution in [-0.2, 0) is 14.9 Å². The summed E-state index contributed by atoms with van der Waals surface area (Å²) < 4.78 is 32.9. The summed E-state index contributed by atoms with van der Waals surface area (Å²) in [4.78, 5) is 26.6. The normalized spacial score (nSPS) is 20.9. The molecule has 1 atom stereocenters. The molecule has 1 aromatic rings. The standard InChI is InChI=1S/C19H25F2N3O4/c1-23(11-17(25)26)9-14-10-24(6-7-28-14)18(27)22-12-19(4-5-19)15-3-2-13(20)8-16(15)21/h2-3,8,14H,4-7,9-12H2,1H3,(H,22,27)(H,25,26). The number of halogens is 2. The first-order valence-electron chi connectivity index (χ1n) is 9.29. The van der Waals surface area contributed by atoms with Crippen LogP contribution in [0.3, 0.4) is 0 Å². The van der Waals surface area contributed by atoms with Gasteiger partial charge in [-0.1, -0.05) is 6.07 Å². The average molecular weight is 397 g/mol. The van der Waals surface area contributed by atoms with E-state index < -0.39 is 23.0 Å². The van der Waals surface area contributed by atoms with Gasteiger partial charge in [0.15, 0.2) is 0 Å². The minimum absolute atomic E-state index is 0.0994. The number of ether oxygens (including phenoxy) is 1. The number of hydrogen-bond donors (Lipinski definition) is 2. The Bertz CT molecular complexity index is 742. The van der Waals surface area contributed by atoms with Crippen LogP contribution in [0.1, 0.15) is 18.4 Å². The number of carbonyl (C=O) groups is 2. The summed E-state index contributed by atoms with van der Waals surface area (Å²) in [5, 5.41) is 11.7. The molecular formula is C19H25F2N3O4. The third-order valence-corrected chi connectivity index (χ3v) is 5.28. The van der Waals surface area contributed by atoms with Crippen molar-refractivity contribution >= 4 is 12.0 Å². The van der Waals surface area contributed by atoms with Crippen LogP contribution in [0.5, 0.6) is 0 Å². The van der Waals surface area contributed by atoms with E-state index >= 15 is 0 Å². The van der Waals surface area contributed by atoms with E-state index in [1.807, 2.05) is 0 Å². The topological polar surface area (TPSA) is 82.1 Å². The summed E-state index contributed by atoms with van der Waals surface area (Å²) in [5.41, 5.74) is -0.0368. The van der Waals surface area contributed by atoms with Crippen molar-refractivity contribution in [3.05, 3.63) is 35.4 Å². The second-order valence-electron chi connectivity index (χ2n) is 7.59. The van der Waals surface area contributed by atoms with Crippen LogP contribution in [0.4, 0.5) is 13.6 Å². The molecule has 2 fully saturated rings. The molecule has 1 aliphatic carbocycles. The molecule has 1 saturated carbocycles. The minimum atomic E-state index is -0.921. The molecule has 9 heteroatoms. The maximum Gasteiger partial charge on any atom is 0.317 e. The molecule has 2 aliphatic rings. The first-order chi connectivity index (χ1) is 13.3. The third-order valence-electron chi connectivity index (χ3n) is 5.28. The number of urea groups is 1. The molecule has 3 rings (SSSR count). The highest BCUT2D eigenvalue weighted by molar-refractivity contribution is 5.74. The number of aliphatic carboxylic acids is 1. The number of morpholine rings is 1. The number of amides is 2. The van der Waals surface area contributed by atoms with Crippen molar-refractivity contribution in [1.82, 2.24) is 15.1 Å². The molecular weight excluding hydrogens is 372 g/mol. The van der Waals surface area contributed by atoms with Crippen LogP contribution in [0.15, 0.2) is 18.2 Å². The fourth-order valence-corrected chi connectivity index (χ4v) is 3.63. The molecule has 1 unspecified atom stereocenters. The predicted octanol–water partition coefficient (Wildman–Crippen LogP) is 1.42. The van der Waals surface area contributed by atoms with E-state index in [4.69, 9.17) is 9.84 Å². The van der Waals surface area contributed by atoms with Gasteiger partial charge in [-0.15, -0.1) is 0 Å². The molecule has 0 bridgehead atoms. The molecule has 1 heterocycles. The Balaban J connectivity index is 1.52. The quantitative estimate of drug-likeness (QED) is 0.727. The lowest BCUT2D eigenvalue weighted by Gasteiger charge is -2.35. The lowest BCUT2D eigenvalue weighted by atomic mass is 9.95. The van der Waals surface area contributed by atoms with Crippen LogP contribution in [0, 0.1) is 11.6 Å². The number of carboxylic acid groups (broad SMARTS) is 1. The maximum atomic E-state index is 14.1. The molecule has 2 N–H and O–H groups in total. The summed E-state index contributed by atoms with van der Waals surface area (Å²) in [6.45, 7) is 1.75. The summed E-state index contributed by atoms with van der Waals surface area (Å²) in [6.07, 6.45) is 1.21. The van der Waals surface area contributed by atoms with Crippen LogP contribution in [-0.4, -0.2) is 79.4 Å². The molecule has 0 spiro atoms. The van der Waals surface area contributed by atoms with Crippen molar-refractivity contribution < 1.29 is 28.2 Å². The van der Waals surface area contributed by atoms with Crippen molar-refractivity contribution in [2.45, 2.75) is 24.4 Å². The summed E-state index contributed by atoms with van der Waals surface area (Å²) >= 11 is 0. The Kier molecular flexibility index (Phi) is 6.14. The second kappa shape index (κ2) is 8.40. The first-order valence-corrected chi connectivity index (χ1v) is 9.29. The van der Waals surface area contributed by atoms with E-state index in [1.54, 1.807) is 16.8 Å². The molecule has 1 aliphatic heterocycles. The number of nitrogens with one attached hydrogen (secondary N) is 1. The van der Waals surface area contributed by atoms with Gasteiger partial charge in [-0.05, 0) is 31.5 Å². The van der Waals surface area contributed by atoms with E-state index in [1.165, 1.54) is 12.1 Å². The Hall–Kier alpha value is -2.26. The zero-order valence-electron chi connectivity index (χ0n) is 15.8. The van der Waals surface area contributed by atoms with E-state index in [9.17, 15) is 18.4 Å². The SMILES string of the molecule is CN(CC(=O)O)CC1CN(C(=O)NCC2(c3ccc(F)cc3F)CC2)CCO1. The van der Waals surface area contributed by atoms with E-state index in [2.05, 4.69) is 5.32 Å². The number of likely N-dealkylation sites (N-methyl/N-ethyl adjacent to an activating group) is 1. The molecule has 0 radical (unpaired) electrons. The van der Waals surface area contributed by atoms with Gasteiger partial charge in [-0.3, -0.25) is 9.69 Å². The van der Waals surface area contributed by atoms with Crippen molar-refractivity contribution in [3.8, 4) is 0 Å². The van der Waals surface area contributed by atoms with Gasteiger partial charge < -0.3 is 20.1 Å². The van der Waals surface area contributed by atoms with Gasteiger partial charge in [0.1, 0.15) is 11.6 Å². The van der Waals surface area contributed by atoms with Crippen LogP contribution in [0.25, 0.3) is 0 Å². The summed E-state index contributed by atoms with van der Waals surface area (Å²) in [6, 6.07) is 3.30. The molecule has 2 amide bonds. The Labute approximate surface area is 162 Å². The van der Waals surface area contributed by atoms with E-state index in [0.29, 0.717) is 31.8 Å². The third kappa shape index (κ3) is 4.96. The van der Waals surface area contributed by atoms with E-state index in [0.717, 1.165) is 18.9 Å². The van der Waals surface area contributed by atoms with Crippen molar-refractivity contribution in [3.63, 3.8) is 0 Å². The van der Waals surface area contributed by atoms with Gasteiger partial charge in [0.2, 0.25) is 0 Å². The van der Waals surface area contributed by atoms with E-state index in [-0.39, 0.29) is 25.2 Å². The lowest BCUT2D eigenvalue weighted by Crippen LogP contribution is -2.53. The molecule has 7 nitrogen and oxygen atoms in total. The largest absolute Gasteiger partial charge is 0.480 e. The first kappa shape index (κ1) is 20.5. The minimum Gasteiger partial charge on any atom is -0.480 e. The number of nitrogens with zero attached hydrogens (tertiary/aromatic N) is 2. The number of carbonyl (C=O) groups excluding carboxylic acids is 1. The smallest absolute Gasteiger partial charge is 0.317 e. The van der Waals surface area contributed by atoms with Crippen molar-refractivity contribution in [2.24, 2.45) is 0 Å². The fraction of sp³-hybridized carbons (Fsp3) is 0.579. The molecule has 28 heavy (non-hydrogen) atoms. The monoisotopic (exact) mass is 397 g/mol. The second-order valence-corrected chi connectivity index (χ2v) is 7.59. The summed E-state index contributed by atoms with van der Waals surface area (Å²) in [5.74, 6) is -2.12. The van der Waals surface area contributed by atoms with Crippen molar-refractivity contribution in [2.75, 3.05) is 46.4 Å². The average Bonchev–Trinajstić information content (AvgIpc) is 3.40. The Morgan fingerprint density at radius 2 is 2.14 bits per heavy atom. The van der Waals surface area contributed by atoms with Crippen molar-refractivity contribution in [1.29, 1.82) is 0 Å². The maximum absolute atomic E-state index is 14.1. The number of benzene rings is 1. The molecule has 154 valence electrons. The van der Waals surface area contributed by atoms with Gasteiger partial charge in [-0.25, -0.2) is 13.6 Å². The van der Waals surface area contributed by atoms with Crippen LogP contribution in [0.2, 0.25) is 0 Å². The van der Waals surface area contributed by atoms with Gasteiger partial charge in [0.25, 0.3) is 0 Å². The van der Waals surface area contributed by atoms with Crippen LogP contribution >= 0.6 is 0 Å². The molecule has 0 aromatic heterocycles. The van der Waals surface area contributed by atoms with Gasteiger partial charge in [-0.2, -0.15) is 0 Å². The van der Waals surface area contributed by atoms with Gasteiger partial charge >= 0.3 is 12.0 Å². The zero-order chi connectivity index (χ0) is 20.3. The highest BCUT2D eigenvalue weighted by atomic mass is 19.1.